The van der Waals surface area contributed by atoms with Gasteiger partial charge in [-0.15, -0.1) is 11.8 Å². The van der Waals surface area contributed by atoms with Crippen LogP contribution in [0.2, 0.25) is 0 Å². The summed E-state index contributed by atoms with van der Waals surface area (Å²) >= 11 is 1.77. The van der Waals surface area contributed by atoms with Crippen molar-refractivity contribution in [3.05, 3.63) is 83.9 Å². The van der Waals surface area contributed by atoms with Gasteiger partial charge in [0, 0.05) is 29.4 Å². The third-order valence-electron chi connectivity index (χ3n) is 6.15. The predicted molar refractivity (Wildman–Crippen MR) is 140 cm³/mol. The zero-order valence-electron chi connectivity index (χ0n) is 19.9. The number of amides is 1. The van der Waals surface area contributed by atoms with Crippen LogP contribution in [0.5, 0.6) is 5.75 Å². The van der Waals surface area contributed by atoms with Gasteiger partial charge in [0.2, 0.25) is 15.9 Å². The molecule has 0 saturated carbocycles. The third kappa shape index (κ3) is 6.25. The van der Waals surface area contributed by atoms with Crippen molar-refractivity contribution >= 4 is 33.4 Å². The first-order valence-electron chi connectivity index (χ1n) is 11.6. The number of anilines is 1. The number of rotatable bonds is 8. The Labute approximate surface area is 211 Å². The minimum atomic E-state index is -3.67. The van der Waals surface area contributed by atoms with E-state index in [1.807, 2.05) is 37.3 Å². The van der Waals surface area contributed by atoms with Gasteiger partial charge in [-0.1, -0.05) is 30.3 Å². The molecule has 8 heteroatoms. The molecule has 1 heterocycles. The lowest BCUT2D eigenvalue weighted by Gasteiger charge is -2.31. The van der Waals surface area contributed by atoms with Gasteiger partial charge in [-0.25, -0.2) is 8.42 Å². The van der Waals surface area contributed by atoms with Crippen LogP contribution >= 0.6 is 11.8 Å². The quantitative estimate of drug-likeness (QED) is 0.414. The van der Waals surface area contributed by atoms with Crippen molar-refractivity contribution in [2.75, 3.05) is 25.5 Å². The van der Waals surface area contributed by atoms with E-state index in [1.54, 1.807) is 36.0 Å². The molecule has 0 spiro atoms. The molecule has 0 bridgehead atoms. The van der Waals surface area contributed by atoms with E-state index in [1.165, 1.54) is 21.9 Å². The molecule has 1 aliphatic heterocycles. The molecule has 184 valence electrons. The predicted octanol–water partition coefficient (Wildman–Crippen LogP) is 5.34. The molecular weight excluding hydrogens is 480 g/mol. The number of ether oxygens (including phenoxy) is 1. The molecular formula is C27H30N2O4S2. The van der Waals surface area contributed by atoms with Crippen LogP contribution in [-0.2, 0) is 20.6 Å². The number of thioether (sulfide) groups is 1. The molecule has 0 unspecified atom stereocenters. The van der Waals surface area contributed by atoms with Gasteiger partial charge < -0.3 is 10.1 Å². The van der Waals surface area contributed by atoms with Crippen LogP contribution in [0.15, 0.2) is 82.6 Å². The molecule has 1 fully saturated rings. The van der Waals surface area contributed by atoms with Gasteiger partial charge in [-0.2, -0.15) is 4.31 Å². The molecule has 3 aromatic carbocycles. The summed E-state index contributed by atoms with van der Waals surface area (Å²) in [6.07, 6.45) is 1.30. The number of sulfonamides is 1. The third-order valence-corrected chi connectivity index (χ3v) is 9.11. The van der Waals surface area contributed by atoms with Crippen LogP contribution in [0.25, 0.3) is 0 Å². The fourth-order valence-electron chi connectivity index (χ4n) is 4.15. The molecule has 3 aromatic rings. The fraction of sp³-hybridized carbons (Fsp3) is 0.296. The molecule has 6 nitrogen and oxygen atoms in total. The van der Waals surface area contributed by atoms with Gasteiger partial charge in [0.05, 0.1) is 17.9 Å². The highest BCUT2D eigenvalue weighted by molar-refractivity contribution is 7.98. The molecule has 4 rings (SSSR count). The summed E-state index contributed by atoms with van der Waals surface area (Å²) in [5.74, 6) is 0.901. The Bertz CT molecular complexity index is 1260. The molecule has 0 aliphatic carbocycles. The summed E-state index contributed by atoms with van der Waals surface area (Å²) in [4.78, 5) is 14.5. The Morgan fingerprint density at radius 3 is 2.51 bits per heavy atom. The largest absolute Gasteiger partial charge is 0.497 e. The molecule has 0 radical (unpaired) electrons. The standard InChI is InChI=1S/C27H30N2O4S2/c1-20-17-21(19-34-24-8-4-3-5-9-24)10-15-26(20)28-27(30)22-7-6-16-29(18-22)35(31,32)25-13-11-23(33-2)12-14-25/h3-5,8-15,17,22H,6-7,16,18-19H2,1-2H3,(H,28,30)/t22-/m1/s1. The van der Waals surface area contributed by atoms with E-state index >= 15 is 0 Å². The van der Waals surface area contributed by atoms with E-state index in [-0.39, 0.29) is 17.3 Å². The first kappa shape index (κ1) is 25.3. The van der Waals surface area contributed by atoms with Gasteiger partial charge in [0.15, 0.2) is 0 Å². The van der Waals surface area contributed by atoms with Gasteiger partial charge >= 0.3 is 0 Å². The maximum absolute atomic E-state index is 13.1. The van der Waals surface area contributed by atoms with Crippen molar-refractivity contribution in [3.8, 4) is 5.75 Å². The summed E-state index contributed by atoms with van der Waals surface area (Å²) in [5.41, 5.74) is 2.94. The maximum atomic E-state index is 13.1. The number of hydrogen-bond donors (Lipinski definition) is 1. The fourth-order valence-corrected chi connectivity index (χ4v) is 6.53. The summed E-state index contributed by atoms with van der Waals surface area (Å²) in [6.45, 7) is 2.56. The van der Waals surface area contributed by atoms with Crippen LogP contribution < -0.4 is 10.1 Å². The van der Waals surface area contributed by atoms with Crippen LogP contribution in [0.1, 0.15) is 24.0 Å². The summed E-state index contributed by atoms with van der Waals surface area (Å²) in [5, 5.41) is 3.02. The van der Waals surface area contributed by atoms with E-state index in [4.69, 9.17) is 4.74 Å². The second-order valence-corrected chi connectivity index (χ2v) is 11.6. The van der Waals surface area contributed by atoms with Crippen molar-refractivity contribution in [1.82, 2.24) is 4.31 Å². The SMILES string of the molecule is COc1ccc(S(=O)(=O)N2CCC[C@@H](C(=O)Nc3ccc(CSc4ccccc4)cc3C)C2)cc1. The molecule has 1 amide bonds. The molecule has 1 N–H and O–H groups in total. The Morgan fingerprint density at radius 1 is 1.09 bits per heavy atom. The zero-order chi connectivity index (χ0) is 24.8. The number of nitrogens with one attached hydrogen (secondary N) is 1. The molecule has 0 aromatic heterocycles. The highest BCUT2D eigenvalue weighted by atomic mass is 32.2. The minimum absolute atomic E-state index is 0.144. The number of nitrogens with zero attached hydrogens (tertiary/aromatic N) is 1. The minimum Gasteiger partial charge on any atom is -0.497 e. The lowest BCUT2D eigenvalue weighted by molar-refractivity contribution is -0.120. The lowest BCUT2D eigenvalue weighted by Crippen LogP contribution is -2.43. The van der Waals surface area contributed by atoms with Gasteiger partial charge in [-0.05, 0) is 73.4 Å². The lowest BCUT2D eigenvalue weighted by atomic mass is 9.98. The monoisotopic (exact) mass is 510 g/mol. The Kier molecular flexibility index (Phi) is 8.15. The number of hydrogen-bond acceptors (Lipinski definition) is 5. The Balaban J connectivity index is 1.38. The van der Waals surface area contributed by atoms with Crippen molar-refractivity contribution in [2.45, 2.75) is 35.3 Å². The zero-order valence-corrected chi connectivity index (χ0v) is 21.6. The number of methoxy groups -OCH3 is 1. The van der Waals surface area contributed by atoms with Crippen molar-refractivity contribution in [3.63, 3.8) is 0 Å². The molecule has 35 heavy (non-hydrogen) atoms. The van der Waals surface area contributed by atoms with Gasteiger partial charge in [0.1, 0.15) is 5.75 Å². The average molecular weight is 511 g/mol. The first-order valence-corrected chi connectivity index (χ1v) is 14.0. The highest BCUT2D eigenvalue weighted by Crippen LogP contribution is 2.28. The smallest absolute Gasteiger partial charge is 0.243 e. The normalized spacial score (nSPS) is 16.6. The second-order valence-electron chi connectivity index (χ2n) is 8.62. The number of benzene rings is 3. The Morgan fingerprint density at radius 2 is 1.83 bits per heavy atom. The number of aryl methyl sites for hydroxylation is 1. The Hall–Kier alpha value is -2.81. The van der Waals surface area contributed by atoms with Crippen molar-refractivity contribution in [1.29, 1.82) is 0 Å². The molecule has 1 aliphatic rings. The maximum Gasteiger partial charge on any atom is 0.243 e. The summed E-state index contributed by atoms with van der Waals surface area (Å²) in [7, 11) is -2.14. The molecule has 1 saturated heterocycles. The average Bonchev–Trinajstić information content (AvgIpc) is 2.89. The number of carbonyl (C=O) groups is 1. The van der Waals surface area contributed by atoms with Crippen molar-refractivity contribution in [2.24, 2.45) is 5.92 Å². The van der Waals surface area contributed by atoms with E-state index in [0.29, 0.717) is 25.1 Å². The van der Waals surface area contributed by atoms with E-state index in [0.717, 1.165) is 17.0 Å². The van der Waals surface area contributed by atoms with E-state index in [9.17, 15) is 13.2 Å². The second kappa shape index (κ2) is 11.3. The number of carbonyl (C=O) groups excluding carboxylic acids is 1. The highest BCUT2D eigenvalue weighted by Gasteiger charge is 2.33. The van der Waals surface area contributed by atoms with E-state index < -0.39 is 15.9 Å². The van der Waals surface area contributed by atoms with Crippen LogP contribution in [-0.4, -0.2) is 38.8 Å². The van der Waals surface area contributed by atoms with Gasteiger partial charge in [-0.3, -0.25) is 4.79 Å². The first-order chi connectivity index (χ1) is 16.9. The number of piperidine rings is 1. The van der Waals surface area contributed by atoms with Crippen LogP contribution in [0, 0.1) is 12.8 Å². The van der Waals surface area contributed by atoms with Crippen LogP contribution in [0.4, 0.5) is 5.69 Å². The summed E-state index contributed by atoms with van der Waals surface area (Å²) < 4.78 is 32.8. The van der Waals surface area contributed by atoms with Gasteiger partial charge in [0.25, 0.3) is 0 Å². The van der Waals surface area contributed by atoms with Crippen molar-refractivity contribution < 1.29 is 17.9 Å². The van der Waals surface area contributed by atoms with E-state index in [2.05, 4.69) is 23.5 Å². The molecule has 1 atom stereocenters. The summed E-state index contributed by atoms with van der Waals surface area (Å²) in [6, 6.07) is 22.6. The van der Waals surface area contributed by atoms with Crippen LogP contribution in [0.3, 0.4) is 0 Å². The topological polar surface area (TPSA) is 75.7 Å².